The van der Waals surface area contributed by atoms with Gasteiger partial charge in [0.1, 0.15) is 17.5 Å². The number of anilines is 1. The fourth-order valence-corrected chi connectivity index (χ4v) is 5.71. The Labute approximate surface area is 214 Å². The number of nitrogens with one attached hydrogen (secondary N) is 1. The Balaban J connectivity index is 1.13. The minimum absolute atomic E-state index is 0.0273. The molecule has 37 heavy (non-hydrogen) atoms. The summed E-state index contributed by atoms with van der Waals surface area (Å²) in [5.41, 5.74) is 2.99. The maximum atomic E-state index is 11.6. The maximum Gasteiger partial charge on any atom is 0.306 e. The number of hydrogen-bond acceptors (Lipinski definition) is 9. The van der Waals surface area contributed by atoms with Crippen molar-refractivity contribution in [2.24, 2.45) is 24.8 Å². The molecular formula is C26H31N7O4. The molecule has 0 saturated heterocycles. The fraction of sp³-hybridized carbons (Fsp3) is 0.538. The standard InChI is InChI=1S/C26H31N7O4/c1-14-22(36-17-11-15-3-6-18(25(34)35)19(15)12-17)8-7-20(29-14)24-21(33(2)32-31-24)13-28-26-27-10-9-23(30-26)37-16-4-5-16/h7-10,15-19H,3-6,11-13H2,1-2H3,(H,34,35)(H,27,28,30). The molecule has 3 heterocycles. The normalized spacial score (nSPS) is 24.6. The van der Waals surface area contributed by atoms with Crippen molar-refractivity contribution in [2.75, 3.05) is 5.32 Å². The van der Waals surface area contributed by atoms with Crippen LogP contribution in [-0.4, -0.2) is 53.2 Å². The molecule has 3 aromatic rings. The lowest BCUT2D eigenvalue weighted by Crippen LogP contribution is -2.21. The van der Waals surface area contributed by atoms with E-state index >= 15 is 0 Å². The predicted octanol–water partition coefficient (Wildman–Crippen LogP) is 3.40. The van der Waals surface area contributed by atoms with Gasteiger partial charge < -0.3 is 19.9 Å². The minimum atomic E-state index is -0.671. The first-order valence-corrected chi connectivity index (χ1v) is 12.9. The lowest BCUT2D eigenvalue weighted by atomic mass is 9.92. The summed E-state index contributed by atoms with van der Waals surface area (Å²) in [4.78, 5) is 25.1. The van der Waals surface area contributed by atoms with Crippen molar-refractivity contribution in [2.45, 2.75) is 64.2 Å². The first-order valence-electron chi connectivity index (χ1n) is 12.9. The molecule has 11 heteroatoms. The van der Waals surface area contributed by atoms with Crippen LogP contribution in [0.5, 0.6) is 11.6 Å². The summed E-state index contributed by atoms with van der Waals surface area (Å²) in [6.45, 7) is 2.34. The highest BCUT2D eigenvalue weighted by Gasteiger charge is 2.47. The maximum absolute atomic E-state index is 11.6. The van der Waals surface area contributed by atoms with Gasteiger partial charge in [-0.25, -0.2) is 14.6 Å². The first kappa shape index (κ1) is 23.6. The summed E-state index contributed by atoms with van der Waals surface area (Å²) in [6.07, 6.45) is 7.57. The second-order valence-corrected chi connectivity index (χ2v) is 10.3. The zero-order valence-electron chi connectivity index (χ0n) is 21.0. The first-order chi connectivity index (χ1) is 17.9. The number of aromatic nitrogens is 6. The number of carboxylic acids is 1. The van der Waals surface area contributed by atoms with Crippen LogP contribution in [0.15, 0.2) is 24.4 Å². The smallest absolute Gasteiger partial charge is 0.306 e. The molecule has 6 rings (SSSR count). The van der Waals surface area contributed by atoms with Crippen molar-refractivity contribution >= 4 is 11.9 Å². The molecule has 3 fully saturated rings. The van der Waals surface area contributed by atoms with Crippen LogP contribution in [-0.2, 0) is 18.4 Å². The number of pyridine rings is 1. The molecule has 4 atom stereocenters. The topological polar surface area (TPSA) is 137 Å². The van der Waals surface area contributed by atoms with Crippen molar-refractivity contribution in [3.8, 4) is 23.0 Å². The zero-order chi connectivity index (χ0) is 25.5. The number of aliphatic carboxylic acids is 1. The average Bonchev–Trinajstić information content (AvgIpc) is 3.28. The van der Waals surface area contributed by atoms with Gasteiger partial charge in [-0.3, -0.25) is 4.79 Å². The van der Waals surface area contributed by atoms with E-state index in [1.165, 1.54) is 0 Å². The Kier molecular flexibility index (Phi) is 6.13. The van der Waals surface area contributed by atoms with Gasteiger partial charge in [-0.2, -0.15) is 4.98 Å². The number of hydrogen-bond donors (Lipinski definition) is 2. The molecular weight excluding hydrogens is 474 g/mol. The van der Waals surface area contributed by atoms with Gasteiger partial charge in [0, 0.05) is 19.3 Å². The van der Waals surface area contributed by atoms with E-state index in [4.69, 9.17) is 14.5 Å². The van der Waals surface area contributed by atoms with Crippen LogP contribution >= 0.6 is 0 Å². The summed E-state index contributed by atoms with van der Waals surface area (Å²) in [5, 5.41) is 21.3. The molecule has 194 valence electrons. The Morgan fingerprint density at radius 2 is 1.97 bits per heavy atom. The molecule has 0 spiro atoms. The van der Waals surface area contributed by atoms with E-state index in [1.54, 1.807) is 16.9 Å². The van der Waals surface area contributed by atoms with Crippen molar-refractivity contribution in [1.29, 1.82) is 0 Å². The molecule has 0 aliphatic heterocycles. The molecule has 3 saturated carbocycles. The molecule has 0 aromatic carbocycles. The minimum Gasteiger partial charge on any atom is -0.489 e. The number of aryl methyl sites for hydroxylation is 2. The zero-order valence-corrected chi connectivity index (χ0v) is 21.0. The van der Waals surface area contributed by atoms with Gasteiger partial charge in [-0.15, -0.1) is 5.10 Å². The number of carboxylic acid groups (broad SMARTS) is 1. The second-order valence-electron chi connectivity index (χ2n) is 10.3. The van der Waals surface area contributed by atoms with Gasteiger partial charge in [-0.1, -0.05) is 5.21 Å². The van der Waals surface area contributed by atoms with E-state index in [-0.39, 0.29) is 24.0 Å². The molecule has 0 radical (unpaired) electrons. The van der Waals surface area contributed by atoms with Crippen LogP contribution in [0.2, 0.25) is 0 Å². The van der Waals surface area contributed by atoms with Gasteiger partial charge >= 0.3 is 5.97 Å². The van der Waals surface area contributed by atoms with E-state index in [2.05, 4.69) is 25.6 Å². The Morgan fingerprint density at radius 1 is 1.11 bits per heavy atom. The SMILES string of the molecule is Cc1nc(-c2nnn(C)c2CNc2nccc(OC3CC3)n2)ccc1OC1CC2CCC(C(=O)O)C2C1. The van der Waals surface area contributed by atoms with Crippen LogP contribution in [0.1, 0.15) is 49.9 Å². The largest absolute Gasteiger partial charge is 0.489 e. The summed E-state index contributed by atoms with van der Waals surface area (Å²) in [7, 11) is 1.84. The molecule has 0 bridgehead atoms. The van der Waals surface area contributed by atoms with E-state index in [0.29, 0.717) is 35.7 Å². The van der Waals surface area contributed by atoms with Crippen molar-refractivity contribution in [3.05, 3.63) is 35.8 Å². The third-order valence-electron chi connectivity index (χ3n) is 7.76. The van der Waals surface area contributed by atoms with Crippen LogP contribution < -0.4 is 14.8 Å². The molecule has 0 amide bonds. The second kappa shape index (κ2) is 9.60. The fourth-order valence-electron chi connectivity index (χ4n) is 5.71. The third kappa shape index (κ3) is 4.94. The highest BCUT2D eigenvalue weighted by molar-refractivity contribution is 5.71. The van der Waals surface area contributed by atoms with Crippen LogP contribution in [0.4, 0.5) is 5.95 Å². The molecule has 2 N–H and O–H groups in total. The van der Waals surface area contributed by atoms with E-state index < -0.39 is 5.97 Å². The summed E-state index contributed by atoms with van der Waals surface area (Å²) in [6, 6.07) is 5.58. The highest BCUT2D eigenvalue weighted by Crippen LogP contribution is 2.48. The number of nitrogens with zero attached hydrogens (tertiary/aromatic N) is 6. The summed E-state index contributed by atoms with van der Waals surface area (Å²) >= 11 is 0. The van der Waals surface area contributed by atoms with E-state index in [0.717, 1.165) is 55.7 Å². The van der Waals surface area contributed by atoms with Gasteiger partial charge in [-0.05, 0) is 69.4 Å². The van der Waals surface area contributed by atoms with Crippen molar-refractivity contribution < 1.29 is 19.4 Å². The summed E-state index contributed by atoms with van der Waals surface area (Å²) < 4.78 is 13.8. The van der Waals surface area contributed by atoms with E-state index in [9.17, 15) is 9.90 Å². The number of ether oxygens (including phenoxy) is 2. The van der Waals surface area contributed by atoms with Crippen LogP contribution in [0, 0.1) is 24.7 Å². The Morgan fingerprint density at radius 3 is 2.76 bits per heavy atom. The van der Waals surface area contributed by atoms with Crippen molar-refractivity contribution in [1.82, 2.24) is 29.9 Å². The predicted molar refractivity (Wildman–Crippen MR) is 133 cm³/mol. The lowest BCUT2D eigenvalue weighted by molar-refractivity contribution is -0.143. The average molecular weight is 506 g/mol. The molecule has 3 aromatic heterocycles. The third-order valence-corrected chi connectivity index (χ3v) is 7.76. The number of carbonyl (C=O) groups is 1. The van der Waals surface area contributed by atoms with Crippen LogP contribution in [0.25, 0.3) is 11.4 Å². The highest BCUT2D eigenvalue weighted by atomic mass is 16.5. The summed E-state index contributed by atoms with van der Waals surface area (Å²) in [5.74, 6) is 1.53. The Hall–Kier alpha value is -3.76. The molecule has 4 unspecified atom stereocenters. The lowest BCUT2D eigenvalue weighted by Gasteiger charge is -2.18. The van der Waals surface area contributed by atoms with Crippen molar-refractivity contribution in [3.63, 3.8) is 0 Å². The van der Waals surface area contributed by atoms with Crippen LogP contribution in [0.3, 0.4) is 0 Å². The van der Waals surface area contributed by atoms with E-state index in [1.807, 2.05) is 26.1 Å². The number of rotatable bonds is 9. The van der Waals surface area contributed by atoms with Gasteiger partial charge in [0.2, 0.25) is 11.8 Å². The quantitative estimate of drug-likeness (QED) is 0.445. The molecule has 11 nitrogen and oxygen atoms in total. The monoisotopic (exact) mass is 505 g/mol. The van der Waals surface area contributed by atoms with Gasteiger partial charge in [0.15, 0.2) is 0 Å². The Bertz CT molecular complexity index is 1310. The molecule has 3 aliphatic rings. The number of fused-ring (bicyclic) bond motifs is 1. The van der Waals surface area contributed by atoms with Gasteiger partial charge in [0.05, 0.1) is 35.6 Å². The molecule has 3 aliphatic carbocycles. The van der Waals surface area contributed by atoms with Gasteiger partial charge in [0.25, 0.3) is 0 Å².